The Balaban J connectivity index is 1.77. The van der Waals surface area contributed by atoms with E-state index in [1.54, 1.807) is 35.5 Å². The summed E-state index contributed by atoms with van der Waals surface area (Å²) in [5.41, 5.74) is 4.84. The first kappa shape index (κ1) is 17.2. The Morgan fingerprint density at radius 2 is 1.85 bits per heavy atom. The summed E-state index contributed by atoms with van der Waals surface area (Å²) >= 11 is 3.33. The molecule has 3 aromatic heterocycles. The molecule has 132 valence electrons. The third-order valence-corrected chi connectivity index (χ3v) is 6.89. The van der Waals surface area contributed by atoms with E-state index in [1.165, 1.54) is 16.0 Å². The Labute approximate surface area is 159 Å². The first-order valence-corrected chi connectivity index (χ1v) is 10.1. The van der Waals surface area contributed by atoms with Crippen LogP contribution in [0.15, 0.2) is 38.8 Å². The van der Waals surface area contributed by atoms with Gasteiger partial charge in [0.15, 0.2) is 0 Å². The molecule has 0 spiro atoms. The Kier molecular flexibility index (Phi) is 4.32. The summed E-state index contributed by atoms with van der Waals surface area (Å²) in [6.45, 7) is 8.31. The van der Waals surface area contributed by atoms with Crippen LogP contribution in [0.4, 0.5) is 0 Å². The summed E-state index contributed by atoms with van der Waals surface area (Å²) < 4.78 is 5.39. The highest BCUT2D eigenvalue weighted by atomic mass is 32.2. The summed E-state index contributed by atoms with van der Waals surface area (Å²) in [7, 11) is 0. The lowest BCUT2D eigenvalue weighted by Gasteiger charge is -2.08. The lowest BCUT2D eigenvalue weighted by Crippen LogP contribution is -2.01. The lowest BCUT2D eigenvalue weighted by molar-refractivity contribution is 0.559. The third-order valence-electron chi connectivity index (χ3n) is 4.74. The molecule has 6 heteroatoms. The molecular weight excluding hydrogens is 364 g/mol. The molecular formula is C20H18N2O2S2. The molecule has 4 aromatic rings. The minimum atomic E-state index is -0.313. The van der Waals surface area contributed by atoms with Crippen molar-refractivity contribution in [3.63, 3.8) is 0 Å². The quantitative estimate of drug-likeness (QED) is 0.272. The van der Waals surface area contributed by atoms with Gasteiger partial charge in [-0.25, -0.2) is 14.8 Å². The van der Waals surface area contributed by atoms with Gasteiger partial charge in [0.05, 0.1) is 0 Å². The zero-order valence-electron chi connectivity index (χ0n) is 15.0. The van der Waals surface area contributed by atoms with Crippen LogP contribution in [0, 0.1) is 27.7 Å². The highest BCUT2D eigenvalue weighted by molar-refractivity contribution is 7.98. The molecule has 0 bridgehead atoms. The van der Waals surface area contributed by atoms with E-state index in [4.69, 9.17) is 4.42 Å². The SMILES string of the molecule is Cc1cc2oc(=O)cc(CSc3ncnc4sc(C)c(C)c34)c2cc1C. The smallest absolute Gasteiger partial charge is 0.336 e. The Morgan fingerprint density at radius 1 is 1.08 bits per heavy atom. The van der Waals surface area contributed by atoms with Crippen molar-refractivity contribution < 1.29 is 4.42 Å². The molecule has 0 aliphatic carbocycles. The predicted molar refractivity (Wildman–Crippen MR) is 108 cm³/mol. The van der Waals surface area contributed by atoms with Crippen LogP contribution in [0.25, 0.3) is 21.2 Å². The first-order valence-electron chi connectivity index (χ1n) is 8.31. The molecule has 0 aliphatic rings. The summed E-state index contributed by atoms with van der Waals surface area (Å²) in [6, 6.07) is 5.63. The standard InChI is InChI=1S/C20H18N2O2S2/c1-10-5-15-14(7-17(23)24-16(15)6-11(10)2)8-25-19-18-12(3)13(4)26-20(18)22-9-21-19/h5-7,9H,8H2,1-4H3. The van der Waals surface area contributed by atoms with Crippen LogP contribution < -0.4 is 5.63 Å². The Bertz CT molecular complexity index is 1210. The van der Waals surface area contributed by atoms with Crippen LogP contribution in [0.5, 0.6) is 0 Å². The van der Waals surface area contributed by atoms with E-state index in [0.29, 0.717) is 11.3 Å². The van der Waals surface area contributed by atoms with Gasteiger partial charge in [0, 0.05) is 27.5 Å². The lowest BCUT2D eigenvalue weighted by atomic mass is 10.0. The van der Waals surface area contributed by atoms with Gasteiger partial charge < -0.3 is 4.42 Å². The number of aromatic nitrogens is 2. The van der Waals surface area contributed by atoms with Crippen molar-refractivity contribution in [1.82, 2.24) is 9.97 Å². The normalized spacial score (nSPS) is 11.5. The zero-order chi connectivity index (χ0) is 18.4. The van der Waals surface area contributed by atoms with E-state index in [0.717, 1.165) is 31.8 Å². The van der Waals surface area contributed by atoms with Crippen molar-refractivity contribution >= 4 is 44.3 Å². The second-order valence-electron chi connectivity index (χ2n) is 6.45. The Hall–Kier alpha value is -2.18. The summed E-state index contributed by atoms with van der Waals surface area (Å²) in [6.07, 6.45) is 1.62. The van der Waals surface area contributed by atoms with Crippen LogP contribution in [0.3, 0.4) is 0 Å². The van der Waals surface area contributed by atoms with Crippen LogP contribution in [-0.2, 0) is 5.75 Å². The van der Waals surface area contributed by atoms with Crippen molar-refractivity contribution in [3.05, 3.63) is 62.1 Å². The summed E-state index contributed by atoms with van der Waals surface area (Å²) in [5, 5.41) is 3.07. The van der Waals surface area contributed by atoms with Crippen molar-refractivity contribution in [2.75, 3.05) is 0 Å². The number of fused-ring (bicyclic) bond motifs is 2. The average molecular weight is 383 g/mol. The van der Waals surface area contributed by atoms with Crippen molar-refractivity contribution in [2.24, 2.45) is 0 Å². The van der Waals surface area contributed by atoms with E-state index in [2.05, 4.69) is 36.8 Å². The van der Waals surface area contributed by atoms with Gasteiger partial charge in [-0.2, -0.15) is 0 Å². The number of thioether (sulfide) groups is 1. The minimum Gasteiger partial charge on any atom is -0.423 e. The number of nitrogens with zero attached hydrogens (tertiary/aromatic N) is 2. The third kappa shape index (κ3) is 2.93. The average Bonchev–Trinajstić information content (AvgIpc) is 2.89. The van der Waals surface area contributed by atoms with Gasteiger partial charge in [0.2, 0.25) is 0 Å². The van der Waals surface area contributed by atoms with Gasteiger partial charge in [0.25, 0.3) is 0 Å². The molecule has 0 amide bonds. The van der Waals surface area contributed by atoms with Crippen LogP contribution in [0.2, 0.25) is 0 Å². The second kappa shape index (κ2) is 6.52. The summed E-state index contributed by atoms with van der Waals surface area (Å²) in [5.74, 6) is 0.658. The van der Waals surface area contributed by atoms with E-state index < -0.39 is 0 Å². The number of rotatable bonds is 3. The zero-order valence-corrected chi connectivity index (χ0v) is 16.7. The molecule has 0 saturated carbocycles. The molecule has 4 rings (SSSR count). The number of hydrogen-bond donors (Lipinski definition) is 0. The monoisotopic (exact) mass is 382 g/mol. The van der Waals surface area contributed by atoms with Gasteiger partial charge in [-0.05, 0) is 62.1 Å². The van der Waals surface area contributed by atoms with Gasteiger partial charge in [-0.3, -0.25) is 0 Å². The highest BCUT2D eigenvalue weighted by Gasteiger charge is 2.14. The molecule has 1 aromatic carbocycles. The van der Waals surface area contributed by atoms with Gasteiger partial charge in [-0.1, -0.05) is 0 Å². The molecule has 3 heterocycles. The molecule has 26 heavy (non-hydrogen) atoms. The fraction of sp³-hybridized carbons (Fsp3) is 0.250. The number of hydrogen-bond acceptors (Lipinski definition) is 6. The molecule has 0 saturated heterocycles. The van der Waals surface area contributed by atoms with Crippen LogP contribution in [0.1, 0.15) is 27.1 Å². The van der Waals surface area contributed by atoms with Crippen LogP contribution >= 0.6 is 23.1 Å². The van der Waals surface area contributed by atoms with Gasteiger partial charge >= 0.3 is 5.63 Å². The fourth-order valence-corrected chi connectivity index (χ4v) is 5.12. The van der Waals surface area contributed by atoms with E-state index in [9.17, 15) is 4.79 Å². The largest absolute Gasteiger partial charge is 0.423 e. The van der Waals surface area contributed by atoms with Crippen molar-refractivity contribution in [3.8, 4) is 0 Å². The molecule has 0 fully saturated rings. The van der Waals surface area contributed by atoms with Crippen molar-refractivity contribution in [2.45, 2.75) is 38.5 Å². The Morgan fingerprint density at radius 3 is 2.65 bits per heavy atom. The molecule has 0 aliphatic heterocycles. The van der Waals surface area contributed by atoms with Crippen molar-refractivity contribution in [1.29, 1.82) is 0 Å². The highest BCUT2D eigenvalue weighted by Crippen LogP contribution is 2.36. The van der Waals surface area contributed by atoms with E-state index in [1.807, 2.05) is 13.0 Å². The number of benzene rings is 1. The molecule has 4 nitrogen and oxygen atoms in total. The number of thiophene rings is 1. The van der Waals surface area contributed by atoms with E-state index in [-0.39, 0.29) is 5.63 Å². The predicted octanol–water partition coefficient (Wildman–Crippen LogP) is 5.32. The molecule has 0 radical (unpaired) electrons. The second-order valence-corrected chi connectivity index (χ2v) is 8.62. The molecule has 0 N–H and O–H groups in total. The van der Waals surface area contributed by atoms with Gasteiger partial charge in [-0.15, -0.1) is 23.1 Å². The maximum absolute atomic E-state index is 12.0. The van der Waals surface area contributed by atoms with Gasteiger partial charge in [0.1, 0.15) is 21.8 Å². The molecule has 0 unspecified atom stereocenters. The maximum Gasteiger partial charge on any atom is 0.336 e. The fourth-order valence-electron chi connectivity index (χ4n) is 3.01. The minimum absolute atomic E-state index is 0.313. The first-order chi connectivity index (χ1) is 12.4. The van der Waals surface area contributed by atoms with Crippen LogP contribution in [-0.4, -0.2) is 9.97 Å². The molecule has 0 atom stereocenters. The topological polar surface area (TPSA) is 56.0 Å². The number of aryl methyl sites for hydroxylation is 4. The summed E-state index contributed by atoms with van der Waals surface area (Å²) in [4.78, 5) is 23.1. The van der Waals surface area contributed by atoms with E-state index >= 15 is 0 Å². The maximum atomic E-state index is 12.0.